The number of esters is 1. The van der Waals surface area contributed by atoms with Crippen molar-refractivity contribution in [2.75, 3.05) is 0 Å². The highest BCUT2D eigenvalue weighted by atomic mass is 16.5. The molecule has 5 rings (SSSR count). The first-order chi connectivity index (χ1) is 20.0. The van der Waals surface area contributed by atoms with Gasteiger partial charge >= 0.3 is 5.97 Å². The zero-order valence-electron chi connectivity index (χ0n) is 27.1. The first-order valence-corrected chi connectivity index (χ1v) is 17.0. The maximum atomic E-state index is 12.7. The predicted octanol–water partition coefficient (Wildman–Crippen LogP) is 9.10. The molecule has 0 saturated heterocycles. The van der Waals surface area contributed by atoms with Crippen LogP contribution in [-0.2, 0) is 16.1 Å². The summed E-state index contributed by atoms with van der Waals surface area (Å²) < 4.78 is 5.94. The Morgan fingerprint density at radius 1 is 1.05 bits per heavy atom. The second-order valence-electron chi connectivity index (χ2n) is 15.4. The van der Waals surface area contributed by atoms with Crippen molar-refractivity contribution >= 4 is 12.0 Å². The van der Waals surface area contributed by atoms with Crippen molar-refractivity contribution in [2.24, 2.45) is 52.3 Å². The van der Waals surface area contributed by atoms with Crippen molar-refractivity contribution in [1.29, 1.82) is 0 Å². The van der Waals surface area contributed by atoms with Gasteiger partial charge in [-0.2, -0.15) is 0 Å². The van der Waals surface area contributed by atoms with E-state index >= 15 is 0 Å². The number of aliphatic hydroxyl groups is 1. The molecule has 0 spiro atoms. The number of aromatic hydroxyl groups is 1. The molecule has 1 aromatic rings. The van der Waals surface area contributed by atoms with Crippen LogP contribution in [0.25, 0.3) is 6.08 Å². The first-order valence-electron chi connectivity index (χ1n) is 17.0. The molecule has 1 aromatic carbocycles. The summed E-state index contributed by atoms with van der Waals surface area (Å²) in [6, 6.07) is 4.95. The lowest BCUT2D eigenvalue weighted by atomic mass is 9.47. The second-order valence-corrected chi connectivity index (χ2v) is 15.4. The fourth-order valence-corrected chi connectivity index (χ4v) is 9.97. The maximum Gasteiger partial charge on any atom is 0.331 e. The van der Waals surface area contributed by atoms with E-state index < -0.39 is 0 Å². The van der Waals surface area contributed by atoms with Gasteiger partial charge in [-0.25, -0.2) is 4.79 Å². The topological polar surface area (TPSA) is 66.8 Å². The van der Waals surface area contributed by atoms with Crippen LogP contribution >= 0.6 is 0 Å². The highest BCUT2D eigenvalue weighted by Gasteiger charge is 2.59. The number of hydrogen-bond donors (Lipinski definition) is 2. The van der Waals surface area contributed by atoms with E-state index in [1.807, 2.05) is 0 Å². The number of benzene rings is 1. The molecule has 232 valence electrons. The molecule has 0 aromatic heterocycles. The van der Waals surface area contributed by atoms with Gasteiger partial charge in [0.2, 0.25) is 0 Å². The largest absolute Gasteiger partial charge is 0.508 e. The van der Waals surface area contributed by atoms with Crippen LogP contribution in [0.1, 0.15) is 117 Å². The number of ether oxygens (including phenoxy) is 1. The molecule has 4 aliphatic rings. The number of phenols is 1. The van der Waals surface area contributed by atoms with Crippen molar-refractivity contribution in [3.63, 3.8) is 0 Å². The lowest BCUT2D eigenvalue weighted by Gasteiger charge is -2.58. The summed E-state index contributed by atoms with van der Waals surface area (Å²) in [7, 11) is 0. The zero-order valence-corrected chi connectivity index (χ0v) is 27.1. The van der Waals surface area contributed by atoms with Crippen LogP contribution in [0.2, 0.25) is 0 Å². The molecular weight excluding hydrogens is 520 g/mol. The first kappa shape index (κ1) is 31.4. The average molecular weight is 577 g/mol. The SMILES string of the molecule is CC(C)C(C)CC[C@@H](C)C1CCC2C3CC=C4C[C@@H](OC(=O)/C=C/c5ccc(O)c(CO)c5)CC[C@]4(C)C3CC[C@@]21C. The number of carbonyl (C=O) groups excluding carboxylic acids is 1. The van der Waals surface area contributed by atoms with Gasteiger partial charge < -0.3 is 14.9 Å². The van der Waals surface area contributed by atoms with E-state index in [0.717, 1.165) is 66.3 Å². The summed E-state index contributed by atoms with van der Waals surface area (Å²) in [5, 5.41) is 19.2. The summed E-state index contributed by atoms with van der Waals surface area (Å²) in [5.74, 6) is 5.46. The molecular formula is C38H56O4. The summed E-state index contributed by atoms with van der Waals surface area (Å²) in [5.41, 5.74) is 3.48. The van der Waals surface area contributed by atoms with Gasteiger partial charge in [0.25, 0.3) is 0 Å². The molecule has 0 radical (unpaired) electrons. The van der Waals surface area contributed by atoms with Crippen molar-refractivity contribution in [2.45, 2.75) is 118 Å². The molecule has 4 nitrogen and oxygen atoms in total. The minimum absolute atomic E-state index is 0.0575. The predicted molar refractivity (Wildman–Crippen MR) is 171 cm³/mol. The van der Waals surface area contributed by atoms with Crippen LogP contribution < -0.4 is 0 Å². The molecule has 3 fully saturated rings. The molecule has 5 unspecified atom stereocenters. The summed E-state index contributed by atoms with van der Waals surface area (Å²) in [4.78, 5) is 12.7. The molecule has 42 heavy (non-hydrogen) atoms. The smallest absolute Gasteiger partial charge is 0.331 e. The number of aliphatic hydroxyl groups excluding tert-OH is 1. The third-order valence-electron chi connectivity index (χ3n) is 13.0. The Balaban J connectivity index is 1.21. The van der Waals surface area contributed by atoms with Crippen LogP contribution in [0, 0.1) is 52.3 Å². The highest BCUT2D eigenvalue weighted by molar-refractivity contribution is 5.87. The molecule has 3 saturated carbocycles. The van der Waals surface area contributed by atoms with Crippen molar-refractivity contribution in [1.82, 2.24) is 0 Å². The Hall–Kier alpha value is -2.07. The third-order valence-corrected chi connectivity index (χ3v) is 13.0. The van der Waals surface area contributed by atoms with E-state index in [2.05, 4.69) is 47.6 Å². The van der Waals surface area contributed by atoms with Gasteiger partial charge in [0.15, 0.2) is 0 Å². The number of fused-ring (bicyclic) bond motifs is 5. The van der Waals surface area contributed by atoms with Gasteiger partial charge in [0.05, 0.1) is 6.61 Å². The fraction of sp³-hybridized carbons (Fsp3) is 0.711. The Morgan fingerprint density at radius 3 is 2.57 bits per heavy atom. The van der Waals surface area contributed by atoms with Crippen LogP contribution in [0.5, 0.6) is 5.75 Å². The Bertz CT molecular complexity index is 1180. The molecule has 0 bridgehead atoms. The highest BCUT2D eigenvalue weighted by Crippen LogP contribution is 2.67. The molecule has 0 heterocycles. The van der Waals surface area contributed by atoms with Gasteiger partial charge in [-0.15, -0.1) is 0 Å². The van der Waals surface area contributed by atoms with Crippen molar-refractivity contribution < 1.29 is 19.7 Å². The Morgan fingerprint density at radius 2 is 1.83 bits per heavy atom. The van der Waals surface area contributed by atoms with Gasteiger partial charge in [-0.3, -0.25) is 0 Å². The van der Waals surface area contributed by atoms with Gasteiger partial charge in [0.1, 0.15) is 11.9 Å². The van der Waals surface area contributed by atoms with Crippen molar-refractivity contribution in [3.8, 4) is 5.75 Å². The van der Waals surface area contributed by atoms with Crippen LogP contribution in [0.4, 0.5) is 0 Å². The van der Waals surface area contributed by atoms with E-state index in [0.29, 0.717) is 11.0 Å². The van der Waals surface area contributed by atoms with Crippen LogP contribution in [0.15, 0.2) is 35.9 Å². The maximum absolute atomic E-state index is 12.7. The van der Waals surface area contributed by atoms with E-state index in [9.17, 15) is 15.0 Å². The second kappa shape index (κ2) is 12.5. The number of rotatable bonds is 9. The molecule has 9 atom stereocenters. The van der Waals surface area contributed by atoms with Crippen LogP contribution in [0.3, 0.4) is 0 Å². The zero-order chi connectivity index (χ0) is 30.2. The Labute approximate surface area is 255 Å². The average Bonchev–Trinajstić information content (AvgIpc) is 3.32. The van der Waals surface area contributed by atoms with E-state index in [4.69, 9.17) is 4.74 Å². The molecule has 4 aliphatic carbocycles. The summed E-state index contributed by atoms with van der Waals surface area (Å²) in [6.45, 7) is 14.7. The quantitative estimate of drug-likeness (QED) is 0.175. The standard InChI is InChI=1S/C38H56O4/c1-24(2)25(3)7-8-26(4)32-13-14-33-31-12-11-29-22-30(17-19-37(29,5)34(31)18-20-38(32,33)6)42-36(41)16-10-27-9-15-35(40)28(21-27)23-39/h9-11,15-16,21,24-26,30-34,39-40H,7-8,12-14,17-20,22-23H2,1-6H3/b16-10+/t25?,26-,30+,31?,32?,33?,34?,37+,38-/m1/s1. The van der Waals surface area contributed by atoms with E-state index in [1.165, 1.54) is 62.7 Å². The molecule has 0 aliphatic heterocycles. The van der Waals surface area contributed by atoms with Crippen LogP contribution in [-0.4, -0.2) is 22.3 Å². The third kappa shape index (κ3) is 5.99. The Kier molecular flexibility index (Phi) is 9.33. The monoisotopic (exact) mass is 576 g/mol. The molecule has 0 amide bonds. The van der Waals surface area contributed by atoms with Gasteiger partial charge in [-0.1, -0.05) is 72.1 Å². The van der Waals surface area contributed by atoms with E-state index in [-0.39, 0.29) is 29.8 Å². The minimum Gasteiger partial charge on any atom is -0.508 e. The minimum atomic E-state index is -0.321. The summed E-state index contributed by atoms with van der Waals surface area (Å²) in [6.07, 6.45) is 18.1. The van der Waals surface area contributed by atoms with E-state index in [1.54, 1.807) is 18.2 Å². The lowest BCUT2D eigenvalue weighted by molar-refractivity contribution is -0.145. The van der Waals surface area contributed by atoms with Gasteiger partial charge in [-0.05, 0) is 121 Å². The number of hydrogen-bond acceptors (Lipinski definition) is 4. The summed E-state index contributed by atoms with van der Waals surface area (Å²) >= 11 is 0. The normalized spacial score (nSPS) is 35.7. The lowest BCUT2D eigenvalue weighted by Crippen LogP contribution is -2.51. The number of carbonyl (C=O) groups is 1. The molecule has 4 heteroatoms. The fourth-order valence-electron chi connectivity index (χ4n) is 9.97. The van der Waals surface area contributed by atoms with Crippen molar-refractivity contribution in [3.05, 3.63) is 47.1 Å². The molecule has 2 N–H and O–H groups in total. The number of allylic oxidation sites excluding steroid dienone is 1. The van der Waals surface area contributed by atoms with Gasteiger partial charge in [0, 0.05) is 18.1 Å².